The predicted molar refractivity (Wildman–Crippen MR) is 106 cm³/mol. The van der Waals surface area contributed by atoms with Crippen LogP contribution in [0.3, 0.4) is 0 Å². The van der Waals surface area contributed by atoms with Gasteiger partial charge < -0.3 is 4.90 Å². The number of hydrogen-bond donors (Lipinski definition) is 0. The number of aromatic nitrogens is 3. The largest absolute Gasteiger partial charge is 0.341 e. The number of carbonyl (C=O) groups is 1. The Morgan fingerprint density at radius 2 is 2.00 bits per heavy atom. The lowest BCUT2D eigenvalue weighted by Crippen LogP contribution is -2.28. The smallest absolute Gasteiger partial charge is 0.233 e. The Kier molecular flexibility index (Phi) is 5.75. The van der Waals surface area contributed by atoms with Crippen LogP contribution in [0.4, 0.5) is 0 Å². The maximum Gasteiger partial charge on any atom is 0.233 e. The molecule has 8 heteroatoms. The van der Waals surface area contributed by atoms with Gasteiger partial charge in [0.2, 0.25) is 5.91 Å². The first kappa shape index (κ1) is 19.0. The SMILES string of the molecule is Cc1ccc(CN(C)C(=O)CSc2nnc3c(Cl)cc(Cl)cn23)c(C)c1. The maximum atomic E-state index is 12.5. The van der Waals surface area contributed by atoms with Crippen LogP contribution in [-0.4, -0.2) is 38.2 Å². The molecule has 2 aromatic heterocycles. The summed E-state index contributed by atoms with van der Waals surface area (Å²) >= 11 is 13.5. The predicted octanol–water partition coefficient (Wildman–Crippen LogP) is 4.40. The summed E-state index contributed by atoms with van der Waals surface area (Å²) in [4.78, 5) is 14.2. The number of nitrogens with zero attached hydrogens (tertiary/aromatic N) is 4. The van der Waals surface area contributed by atoms with E-state index in [9.17, 15) is 4.79 Å². The van der Waals surface area contributed by atoms with Crippen molar-refractivity contribution in [3.05, 3.63) is 57.2 Å². The Bertz CT molecular complexity index is 973. The lowest BCUT2D eigenvalue weighted by atomic mass is 10.1. The molecule has 0 aliphatic rings. The van der Waals surface area contributed by atoms with Gasteiger partial charge in [-0.2, -0.15) is 0 Å². The van der Waals surface area contributed by atoms with Crippen LogP contribution < -0.4 is 0 Å². The number of hydrogen-bond acceptors (Lipinski definition) is 4. The second-order valence-electron chi connectivity index (χ2n) is 6.15. The molecule has 136 valence electrons. The van der Waals surface area contributed by atoms with Gasteiger partial charge in [0.25, 0.3) is 0 Å². The van der Waals surface area contributed by atoms with E-state index < -0.39 is 0 Å². The van der Waals surface area contributed by atoms with Crippen molar-refractivity contribution in [2.75, 3.05) is 12.8 Å². The fourth-order valence-electron chi connectivity index (χ4n) is 2.60. The summed E-state index contributed by atoms with van der Waals surface area (Å²) in [6, 6.07) is 7.87. The Morgan fingerprint density at radius 3 is 2.73 bits per heavy atom. The highest BCUT2D eigenvalue weighted by molar-refractivity contribution is 7.99. The zero-order chi connectivity index (χ0) is 18.8. The molecule has 5 nitrogen and oxygen atoms in total. The molecule has 0 aliphatic carbocycles. The third-order valence-corrected chi connectivity index (χ3v) is 5.46. The summed E-state index contributed by atoms with van der Waals surface area (Å²) in [6.07, 6.45) is 1.69. The van der Waals surface area contributed by atoms with E-state index in [4.69, 9.17) is 23.2 Å². The highest BCUT2D eigenvalue weighted by Crippen LogP contribution is 2.25. The summed E-state index contributed by atoms with van der Waals surface area (Å²) in [7, 11) is 1.80. The number of rotatable bonds is 5. The molecule has 0 spiro atoms. The molecule has 0 fully saturated rings. The number of thioether (sulfide) groups is 1. The molecule has 2 heterocycles. The minimum Gasteiger partial charge on any atom is -0.341 e. The van der Waals surface area contributed by atoms with Crippen molar-refractivity contribution in [2.45, 2.75) is 25.5 Å². The topological polar surface area (TPSA) is 50.5 Å². The normalized spacial score (nSPS) is 11.1. The van der Waals surface area contributed by atoms with Gasteiger partial charge in [-0.3, -0.25) is 9.20 Å². The molecule has 0 N–H and O–H groups in total. The molecule has 1 aromatic carbocycles. The first-order chi connectivity index (χ1) is 12.3. The molecule has 0 saturated heterocycles. The monoisotopic (exact) mass is 408 g/mol. The van der Waals surface area contributed by atoms with Gasteiger partial charge in [0.15, 0.2) is 10.8 Å². The van der Waals surface area contributed by atoms with Gasteiger partial charge in [0.05, 0.1) is 15.8 Å². The average Bonchev–Trinajstić information content (AvgIpc) is 2.98. The quantitative estimate of drug-likeness (QED) is 0.586. The van der Waals surface area contributed by atoms with E-state index in [2.05, 4.69) is 42.2 Å². The van der Waals surface area contributed by atoms with E-state index >= 15 is 0 Å². The van der Waals surface area contributed by atoms with Gasteiger partial charge in [-0.25, -0.2) is 0 Å². The van der Waals surface area contributed by atoms with Crippen molar-refractivity contribution in [2.24, 2.45) is 0 Å². The van der Waals surface area contributed by atoms with E-state index in [-0.39, 0.29) is 11.7 Å². The minimum absolute atomic E-state index is 0.0138. The summed E-state index contributed by atoms with van der Waals surface area (Å²) < 4.78 is 1.70. The fourth-order valence-corrected chi connectivity index (χ4v) is 3.96. The molecule has 3 aromatic rings. The van der Waals surface area contributed by atoms with E-state index in [1.165, 1.54) is 22.9 Å². The third-order valence-electron chi connectivity index (χ3n) is 4.05. The molecule has 0 radical (unpaired) electrons. The fraction of sp³-hybridized carbons (Fsp3) is 0.278. The highest BCUT2D eigenvalue weighted by Gasteiger charge is 2.15. The lowest BCUT2D eigenvalue weighted by molar-refractivity contribution is -0.127. The minimum atomic E-state index is 0.0138. The Labute approximate surface area is 166 Å². The molecule has 0 bridgehead atoms. The Balaban J connectivity index is 1.67. The number of carbonyl (C=O) groups excluding carboxylic acids is 1. The molecular weight excluding hydrogens is 391 g/mol. The van der Waals surface area contributed by atoms with Crippen molar-refractivity contribution in [1.29, 1.82) is 0 Å². The van der Waals surface area contributed by atoms with Crippen molar-refractivity contribution in [3.63, 3.8) is 0 Å². The van der Waals surface area contributed by atoms with Crippen LogP contribution in [0.25, 0.3) is 5.65 Å². The van der Waals surface area contributed by atoms with Crippen LogP contribution in [0, 0.1) is 13.8 Å². The van der Waals surface area contributed by atoms with Gasteiger partial charge in [0.1, 0.15) is 0 Å². The third kappa shape index (κ3) is 4.14. The Hall–Kier alpha value is -1.76. The van der Waals surface area contributed by atoms with Gasteiger partial charge in [-0.05, 0) is 31.0 Å². The number of pyridine rings is 1. The number of fused-ring (bicyclic) bond motifs is 1. The second-order valence-corrected chi connectivity index (χ2v) is 7.94. The summed E-state index contributed by atoms with van der Waals surface area (Å²) in [5.41, 5.74) is 4.06. The molecular formula is C18H18Cl2N4OS. The molecule has 0 saturated carbocycles. The van der Waals surface area contributed by atoms with Crippen molar-refractivity contribution >= 4 is 46.5 Å². The highest BCUT2D eigenvalue weighted by atomic mass is 35.5. The van der Waals surface area contributed by atoms with Gasteiger partial charge in [-0.15, -0.1) is 10.2 Å². The maximum absolute atomic E-state index is 12.5. The zero-order valence-corrected chi connectivity index (χ0v) is 17.0. The summed E-state index contributed by atoms with van der Waals surface area (Å²) in [6.45, 7) is 4.69. The zero-order valence-electron chi connectivity index (χ0n) is 14.7. The molecule has 0 atom stereocenters. The summed E-state index contributed by atoms with van der Waals surface area (Å²) in [5.74, 6) is 0.270. The van der Waals surface area contributed by atoms with E-state index in [1.54, 1.807) is 28.6 Å². The molecule has 0 unspecified atom stereocenters. The number of amides is 1. The van der Waals surface area contributed by atoms with Gasteiger partial charge >= 0.3 is 0 Å². The number of benzene rings is 1. The standard InChI is InChI=1S/C18H18Cl2N4OS/c1-11-4-5-13(12(2)6-11)8-23(3)16(25)10-26-18-22-21-17-15(20)7-14(19)9-24(17)18/h4-7,9H,8,10H2,1-3H3. The van der Waals surface area contributed by atoms with Gasteiger partial charge in [-0.1, -0.05) is 58.7 Å². The number of halogens is 2. The van der Waals surface area contributed by atoms with E-state index in [0.717, 1.165) is 5.56 Å². The molecule has 3 rings (SSSR count). The van der Waals surface area contributed by atoms with Crippen molar-refractivity contribution in [1.82, 2.24) is 19.5 Å². The number of aryl methyl sites for hydroxylation is 2. The van der Waals surface area contributed by atoms with Crippen molar-refractivity contribution in [3.8, 4) is 0 Å². The van der Waals surface area contributed by atoms with Crippen LogP contribution in [0.2, 0.25) is 10.0 Å². The molecule has 1 amide bonds. The first-order valence-corrected chi connectivity index (χ1v) is 9.72. The van der Waals surface area contributed by atoms with Crippen LogP contribution in [0.5, 0.6) is 0 Å². The van der Waals surface area contributed by atoms with Crippen LogP contribution >= 0.6 is 35.0 Å². The van der Waals surface area contributed by atoms with E-state index in [0.29, 0.717) is 27.4 Å². The molecule has 26 heavy (non-hydrogen) atoms. The van der Waals surface area contributed by atoms with Crippen LogP contribution in [0.15, 0.2) is 35.6 Å². The van der Waals surface area contributed by atoms with Crippen LogP contribution in [-0.2, 0) is 11.3 Å². The average molecular weight is 409 g/mol. The van der Waals surface area contributed by atoms with E-state index in [1.807, 2.05) is 0 Å². The van der Waals surface area contributed by atoms with Crippen LogP contribution in [0.1, 0.15) is 16.7 Å². The van der Waals surface area contributed by atoms with Gasteiger partial charge in [0, 0.05) is 19.8 Å². The second kappa shape index (κ2) is 7.86. The lowest BCUT2D eigenvalue weighted by Gasteiger charge is -2.18. The Morgan fingerprint density at radius 1 is 1.23 bits per heavy atom. The first-order valence-electron chi connectivity index (χ1n) is 7.98. The molecule has 0 aliphatic heterocycles. The van der Waals surface area contributed by atoms with Crippen molar-refractivity contribution < 1.29 is 4.79 Å². The summed E-state index contributed by atoms with van der Waals surface area (Å²) in [5, 5.41) is 9.64.